The zero-order valence-corrected chi connectivity index (χ0v) is 10.1. The first-order chi connectivity index (χ1) is 7.89. The van der Waals surface area contributed by atoms with Gasteiger partial charge in [-0.3, -0.25) is 4.55 Å². The predicted octanol–water partition coefficient (Wildman–Crippen LogP) is 0.750. The van der Waals surface area contributed by atoms with Crippen LogP contribution in [0.5, 0.6) is 0 Å². The Bertz CT molecular complexity index is 731. The van der Waals surface area contributed by atoms with Crippen molar-refractivity contribution < 1.29 is 21.4 Å². The average molecular weight is 272 g/mol. The summed E-state index contributed by atoms with van der Waals surface area (Å²) in [7, 11) is -6.61. The normalized spacial score (nSPS) is 14.5. The molecular weight excluding hydrogens is 264 g/mol. The molecule has 7 heteroatoms. The summed E-state index contributed by atoms with van der Waals surface area (Å²) in [5.74, 6) is 0. The van der Waals surface area contributed by atoms with Gasteiger partial charge in [-0.25, -0.2) is 0 Å². The van der Waals surface area contributed by atoms with Crippen LogP contribution in [0.1, 0.15) is 17.5 Å². The van der Waals surface area contributed by atoms with Gasteiger partial charge in [-0.15, -0.1) is 0 Å². The van der Waals surface area contributed by atoms with Crippen LogP contribution in [0.3, 0.4) is 0 Å². The highest BCUT2D eigenvalue weighted by molar-refractivity contribution is 7.85. The molecule has 0 fully saturated rings. The van der Waals surface area contributed by atoms with Gasteiger partial charge in [-0.2, -0.15) is 16.8 Å². The van der Waals surface area contributed by atoms with Crippen molar-refractivity contribution in [3.05, 3.63) is 35.4 Å². The van der Waals surface area contributed by atoms with Crippen molar-refractivity contribution in [1.82, 2.24) is 0 Å². The Labute approximate surface area is 99.7 Å². The number of hydrogen-bond acceptors (Lipinski definition) is 4. The van der Waals surface area contributed by atoms with E-state index in [-0.39, 0.29) is 16.2 Å². The van der Waals surface area contributed by atoms with Crippen molar-refractivity contribution >= 4 is 31.4 Å². The van der Waals surface area contributed by atoms with Crippen molar-refractivity contribution in [2.24, 2.45) is 0 Å². The van der Waals surface area contributed by atoms with Gasteiger partial charge in [0.25, 0.3) is 10.1 Å². The highest BCUT2D eigenvalue weighted by atomic mass is 32.2. The van der Waals surface area contributed by atoms with Crippen LogP contribution in [0.25, 0.3) is 6.08 Å². The Kier molecular flexibility index (Phi) is 2.90. The molecule has 0 aromatic heterocycles. The second-order valence-electron chi connectivity index (χ2n) is 3.49. The van der Waals surface area contributed by atoms with Gasteiger partial charge in [0.05, 0.1) is 9.76 Å². The first-order valence-electron chi connectivity index (χ1n) is 4.63. The summed E-state index contributed by atoms with van der Waals surface area (Å²) >= 11 is 0. The fourth-order valence-corrected chi connectivity index (χ4v) is 2.77. The van der Waals surface area contributed by atoms with Gasteiger partial charge in [0, 0.05) is 12.0 Å². The quantitative estimate of drug-likeness (QED) is 0.602. The fraction of sp³-hybridized carbons (Fsp3) is 0.100. The third kappa shape index (κ3) is 2.31. The van der Waals surface area contributed by atoms with Crippen LogP contribution >= 0.6 is 0 Å². The molecule has 1 aliphatic rings. The third-order valence-corrected chi connectivity index (χ3v) is 4.06. The van der Waals surface area contributed by atoms with E-state index in [9.17, 15) is 16.8 Å². The molecule has 17 heavy (non-hydrogen) atoms. The molecule has 5 nitrogen and oxygen atoms in total. The van der Waals surface area contributed by atoms with Crippen LogP contribution in [-0.2, 0) is 20.4 Å². The average Bonchev–Trinajstić information content (AvgIpc) is 2.26. The standard InChI is InChI=1S/C10H8O5S2/c11-16(12)10-3-1-2-7-6-8(17(13,14)15)4-5-9(7)10/h1-2,4-6H,3H2,(H,13,14,15). The molecular formula is C10H8O5S2. The molecule has 0 atom stereocenters. The van der Waals surface area contributed by atoms with E-state index in [0.29, 0.717) is 11.1 Å². The minimum absolute atomic E-state index is 0.212. The summed E-state index contributed by atoms with van der Waals surface area (Å²) in [6.45, 7) is 0. The lowest BCUT2D eigenvalue weighted by molar-refractivity contribution is 0.483. The lowest BCUT2D eigenvalue weighted by atomic mass is 9.97. The zero-order valence-electron chi connectivity index (χ0n) is 8.49. The molecule has 0 spiro atoms. The molecule has 1 aromatic carbocycles. The molecule has 0 unspecified atom stereocenters. The summed E-state index contributed by atoms with van der Waals surface area (Å²) < 4.78 is 52.7. The third-order valence-electron chi connectivity index (χ3n) is 2.42. The Hall–Kier alpha value is -1.44. The van der Waals surface area contributed by atoms with E-state index in [1.807, 2.05) is 0 Å². The molecule has 0 radical (unpaired) electrons. The predicted molar refractivity (Wildman–Crippen MR) is 62.9 cm³/mol. The van der Waals surface area contributed by atoms with Gasteiger partial charge >= 0.3 is 0 Å². The molecule has 1 N–H and O–H groups in total. The smallest absolute Gasteiger partial charge is 0.282 e. The van der Waals surface area contributed by atoms with Crippen LogP contribution in [-0.4, -0.2) is 26.3 Å². The maximum Gasteiger partial charge on any atom is 0.294 e. The number of hydrogen-bond donors (Lipinski definition) is 1. The van der Waals surface area contributed by atoms with E-state index in [1.165, 1.54) is 18.2 Å². The van der Waals surface area contributed by atoms with Gasteiger partial charge in [0.2, 0.25) is 10.3 Å². The highest BCUT2D eigenvalue weighted by Crippen LogP contribution is 2.22. The monoisotopic (exact) mass is 272 g/mol. The van der Waals surface area contributed by atoms with E-state index in [1.54, 1.807) is 12.2 Å². The van der Waals surface area contributed by atoms with Crippen molar-refractivity contribution in [3.63, 3.8) is 0 Å². The van der Waals surface area contributed by atoms with Gasteiger partial charge < -0.3 is 0 Å². The van der Waals surface area contributed by atoms with Gasteiger partial charge in [0.15, 0.2) is 0 Å². The van der Waals surface area contributed by atoms with Crippen LogP contribution in [0, 0.1) is 0 Å². The molecule has 0 aliphatic heterocycles. The maximum absolute atomic E-state index is 11.0. The maximum atomic E-state index is 11.0. The van der Waals surface area contributed by atoms with Crippen LogP contribution in [0.4, 0.5) is 0 Å². The lowest BCUT2D eigenvalue weighted by Crippen LogP contribution is -2.08. The van der Waals surface area contributed by atoms with Gasteiger partial charge in [-0.1, -0.05) is 18.2 Å². The summed E-state index contributed by atoms with van der Waals surface area (Å²) in [6, 6.07) is 3.81. The Morgan fingerprint density at radius 3 is 2.53 bits per heavy atom. The Balaban J connectivity index is 2.73. The fourth-order valence-electron chi connectivity index (χ4n) is 1.65. The SMILES string of the molecule is O=S(=O)=C1CC=Cc2cc(S(=O)(=O)O)ccc21. The minimum atomic E-state index is -4.27. The van der Waals surface area contributed by atoms with E-state index in [0.717, 1.165) is 0 Å². The van der Waals surface area contributed by atoms with Crippen molar-refractivity contribution in [2.75, 3.05) is 0 Å². The minimum Gasteiger partial charge on any atom is -0.282 e. The van der Waals surface area contributed by atoms with Gasteiger partial charge in [0.1, 0.15) is 0 Å². The summed E-state index contributed by atoms with van der Waals surface area (Å²) in [5.41, 5.74) is 0.929. The molecule has 2 rings (SSSR count). The molecule has 1 aromatic rings. The van der Waals surface area contributed by atoms with Crippen LogP contribution in [0.2, 0.25) is 0 Å². The number of benzene rings is 1. The molecule has 0 saturated heterocycles. The number of rotatable bonds is 1. The Morgan fingerprint density at radius 1 is 1.24 bits per heavy atom. The van der Waals surface area contributed by atoms with E-state index < -0.39 is 20.4 Å². The largest absolute Gasteiger partial charge is 0.294 e. The van der Waals surface area contributed by atoms with Crippen LogP contribution in [0.15, 0.2) is 29.2 Å². The first kappa shape index (κ1) is 12.0. The van der Waals surface area contributed by atoms with Crippen molar-refractivity contribution in [2.45, 2.75) is 11.3 Å². The summed E-state index contributed by atoms with van der Waals surface area (Å²) in [4.78, 5) is -0.0387. The van der Waals surface area contributed by atoms with Crippen molar-refractivity contribution in [3.8, 4) is 0 Å². The summed E-state index contributed by atoms with van der Waals surface area (Å²) in [5, 5.41) is 0. The van der Waals surface area contributed by atoms with Crippen molar-refractivity contribution in [1.29, 1.82) is 0 Å². The zero-order chi connectivity index (χ0) is 12.6. The summed E-state index contributed by atoms with van der Waals surface area (Å²) in [6.07, 6.45) is 3.54. The van der Waals surface area contributed by atoms with E-state index in [4.69, 9.17) is 4.55 Å². The van der Waals surface area contributed by atoms with E-state index >= 15 is 0 Å². The lowest BCUT2D eigenvalue weighted by Gasteiger charge is -2.11. The molecule has 0 heterocycles. The molecule has 90 valence electrons. The van der Waals surface area contributed by atoms with Gasteiger partial charge in [-0.05, 0) is 17.7 Å². The second-order valence-corrected chi connectivity index (χ2v) is 5.87. The number of allylic oxidation sites excluding steroid dienone is 1. The second kappa shape index (κ2) is 4.10. The molecule has 0 saturated carbocycles. The molecule has 1 aliphatic carbocycles. The topological polar surface area (TPSA) is 88.5 Å². The first-order valence-corrected chi connectivity index (χ1v) is 7.14. The number of fused-ring (bicyclic) bond motifs is 1. The molecule has 0 amide bonds. The van der Waals surface area contributed by atoms with E-state index in [2.05, 4.69) is 0 Å². The Morgan fingerprint density at radius 2 is 1.94 bits per heavy atom. The molecule has 0 bridgehead atoms. The highest BCUT2D eigenvalue weighted by Gasteiger charge is 2.17. The van der Waals surface area contributed by atoms with Crippen LogP contribution < -0.4 is 0 Å².